The second kappa shape index (κ2) is 10.4. The molecule has 1 amide bonds. The normalized spacial score (nSPS) is 20.0. The van der Waals surface area contributed by atoms with E-state index < -0.39 is 10.0 Å². The first-order valence-electron chi connectivity index (χ1n) is 13.3. The van der Waals surface area contributed by atoms with E-state index in [9.17, 15) is 13.2 Å². The van der Waals surface area contributed by atoms with Gasteiger partial charge in [0.05, 0.1) is 16.3 Å². The summed E-state index contributed by atoms with van der Waals surface area (Å²) < 4.78 is 38.5. The van der Waals surface area contributed by atoms with Crippen molar-refractivity contribution in [2.24, 2.45) is 5.92 Å². The van der Waals surface area contributed by atoms with Crippen LogP contribution in [0.15, 0.2) is 53.4 Å². The third kappa shape index (κ3) is 5.02. The number of hydrogen-bond acceptors (Lipinski definition) is 7. The van der Waals surface area contributed by atoms with Crippen LogP contribution in [0.5, 0.6) is 11.5 Å². The van der Waals surface area contributed by atoms with Crippen molar-refractivity contribution >= 4 is 32.7 Å². The number of hydrogen-bond donors (Lipinski definition) is 1. The molecule has 9 nitrogen and oxygen atoms in total. The first kappa shape index (κ1) is 24.9. The van der Waals surface area contributed by atoms with Gasteiger partial charge in [0.1, 0.15) is 5.82 Å². The second-order valence-corrected chi connectivity index (χ2v) is 12.1. The number of sulfonamides is 1. The van der Waals surface area contributed by atoms with Gasteiger partial charge in [-0.1, -0.05) is 12.5 Å². The number of carbonyl (C=O) groups excluding carboxylic acids is 1. The van der Waals surface area contributed by atoms with Gasteiger partial charge in [-0.05, 0) is 73.7 Å². The Labute approximate surface area is 222 Å². The minimum atomic E-state index is -3.49. The Morgan fingerprint density at radius 3 is 2.66 bits per heavy atom. The van der Waals surface area contributed by atoms with Gasteiger partial charge in [-0.15, -0.1) is 0 Å². The largest absolute Gasteiger partial charge is 0.454 e. The van der Waals surface area contributed by atoms with E-state index in [0.29, 0.717) is 36.8 Å². The van der Waals surface area contributed by atoms with Crippen LogP contribution in [0.4, 0.5) is 5.82 Å². The Bertz CT molecular complexity index is 1450. The summed E-state index contributed by atoms with van der Waals surface area (Å²) in [5, 5.41) is 3.86. The van der Waals surface area contributed by atoms with E-state index in [1.807, 2.05) is 30.3 Å². The molecule has 1 atom stereocenters. The van der Waals surface area contributed by atoms with E-state index in [2.05, 4.69) is 10.2 Å². The van der Waals surface area contributed by atoms with Crippen molar-refractivity contribution < 1.29 is 22.7 Å². The molecule has 38 heavy (non-hydrogen) atoms. The van der Waals surface area contributed by atoms with Crippen molar-refractivity contribution in [1.29, 1.82) is 0 Å². The van der Waals surface area contributed by atoms with Crippen molar-refractivity contribution in [3.63, 3.8) is 0 Å². The molecule has 0 aliphatic carbocycles. The predicted octanol–water partition coefficient (Wildman–Crippen LogP) is 3.67. The van der Waals surface area contributed by atoms with Gasteiger partial charge in [0.2, 0.25) is 22.7 Å². The summed E-state index contributed by atoms with van der Waals surface area (Å²) in [6.07, 6.45) is 4.62. The number of aromatic nitrogens is 1. The zero-order valence-electron chi connectivity index (χ0n) is 21.3. The van der Waals surface area contributed by atoms with Gasteiger partial charge in [0.25, 0.3) is 0 Å². The van der Waals surface area contributed by atoms with Gasteiger partial charge in [-0.2, -0.15) is 4.31 Å². The van der Waals surface area contributed by atoms with Crippen LogP contribution in [0.3, 0.4) is 0 Å². The highest BCUT2D eigenvalue weighted by molar-refractivity contribution is 7.89. The molecular formula is C28H32N4O5S. The van der Waals surface area contributed by atoms with Crippen LogP contribution in [0.25, 0.3) is 10.9 Å². The summed E-state index contributed by atoms with van der Waals surface area (Å²) in [4.78, 5) is 20.3. The maximum absolute atomic E-state index is 13.1. The van der Waals surface area contributed by atoms with Gasteiger partial charge in [-0.25, -0.2) is 13.4 Å². The number of rotatable bonds is 6. The molecule has 1 aromatic heterocycles. The number of benzene rings is 2. The highest BCUT2D eigenvalue weighted by Crippen LogP contribution is 2.32. The van der Waals surface area contributed by atoms with Crippen LogP contribution in [0.1, 0.15) is 37.7 Å². The number of fused-ring (bicyclic) bond motifs is 2. The van der Waals surface area contributed by atoms with Crippen molar-refractivity contribution in [2.75, 3.05) is 37.9 Å². The van der Waals surface area contributed by atoms with Crippen LogP contribution in [0, 0.1) is 5.92 Å². The smallest absolute Gasteiger partial charge is 0.243 e. The molecule has 0 unspecified atom stereocenters. The molecule has 0 bridgehead atoms. The predicted molar refractivity (Wildman–Crippen MR) is 144 cm³/mol. The highest BCUT2D eigenvalue weighted by Gasteiger charge is 2.28. The topological polar surface area (TPSA) is 101 Å². The lowest BCUT2D eigenvalue weighted by molar-refractivity contribution is -0.125. The fourth-order valence-corrected chi connectivity index (χ4v) is 7.02. The van der Waals surface area contributed by atoms with Gasteiger partial charge < -0.3 is 19.7 Å². The number of piperidine rings is 2. The second-order valence-electron chi connectivity index (χ2n) is 10.2. The quantitative estimate of drug-likeness (QED) is 0.513. The SMILES string of the molecule is O=C(NCc1ccc2c(c1)OCO2)[C@@H]1CCCN(c2ccc3cc(S(=O)(=O)N4CCCCC4)ccc3n2)C1. The molecule has 0 spiro atoms. The molecule has 6 rings (SSSR count). The molecule has 0 saturated carbocycles. The van der Waals surface area contributed by atoms with Crippen molar-refractivity contribution in [1.82, 2.24) is 14.6 Å². The summed E-state index contributed by atoms with van der Waals surface area (Å²) >= 11 is 0. The summed E-state index contributed by atoms with van der Waals surface area (Å²) in [5.41, 5.74) is 1.71. The first-order chi connectivity index (χ1) is 18.5. The van der Waals surface area contributed by atoms with Crippen LogP contribution < -0.4 is 19.7 Å². The van der Waals surface area contributed by atoms with Gasteiger partial charge >= 0.3 is 0 Å². The maximum atomic E-state index is 13.1. The molecule has 2 fully saturated rings. The average Bonchev–Trinajstić information content (AvgIpc) is 3.44. The van der Waals surface area contributed by atoms with E-state index in [-0.39, 0.29) is 18.6 Å². The molecule has 4 heterocycles. The number of amides is 1. The monoisotopic (exact) mass is 536 g/mol. The lowest BCUT2D eigenvalue weighted by Gasteiger charge is -2.33. The van der Waals surface area contributed by atoms with Crippen LogP contribution in [-0.2, 0) is 21.4 Å². The molecule has 2 aromatic carbocycles. The lowest BCUT2D eigenvalue weighted by atomic mass is 9.97. The zero-order chi connectivity index (χ0) is 26.1. The summed E-state index contributed by atoms with van der Waals surface area (Å²) in [7, 11) is -3.49. The Morgan fingerprint density at radius 1 is 0.947 bits per heavy atom. The fraction of sp³-hybridized carbons (Fsp3) is 0.429. The molecule has 1 N–H and O–H groups in total. The van der Waals surface area contributed by atoms with Crippen molar-refractivity contribution in [2.45, 2.75) is 43.5 Å². The Morgan fingerprint density at radius 2 is 1.79 bits per heavy atom. The van der Waals surface area contributed by atoms with E-state index in [1.165, 1.54) is 0 Å². The number of anilines is 1. The third-order valence-electron chi connectivity index (χ3n) is 7.62. The maximum Gasteiger partial charge on any atom is 0.243 e. The molecular weight excluding hydrogens is 504 g/mol. The number of carbonyl (C=O) groups is 1. The van der Waals surface area contributed by atoms with Crippen molar-refractivity contribution in [3.05, 3.63) is 54.1 Å². The van der Waals surface area contributed by atoms with E-state index in [4.69, 9.17) is 14.5 Å². The van der Waals surface area contributed by atoms with E-state index in [1.54, 1.807) is 22.5 Å². The number of nitrogens with zero attached hydrogens (tertiary/aromatic N) is 3. The Kier molecular flexibility index (Phi) is 6.84. The molecule has 200 valence electrons. The molecule has 3 aliphatic rings. The van der Waals surface area contributed by atoms with Crippen molar-refractivity contribution in [3.8, 4) is 11.5 Å². The summed E-state index contributed by atoms with van der Waals surface area (Å²) in [6, 6.07) is 14.7. The molecule has 3 aliphatic heterocycles. The standard InChI is InChI=1S/C28H32N4O5S/c33-28(29-17-20-6-10-25-26(15-20)37-19-36-25)22-5-4-12-31(18-22)27-11-7-21-16-23(8-9-24(21)30-27)38(34,35)32-13-2-1-3-14-32/h6-11,15-16,22H,1-5,12-14,17-19H2,(H,29,33)/t22-/m1/s1. The summed E-state index contributed by atoms with van der Waals surface area (Å²) in [6.45, 7) is 3.24. The minimum absolute atomic E-state index is 0.0284. The highest BCUT2D eigenvalue weighted by atomic mass is 32.2. The Hall–Kier alpha value is -3.37. The van der Waals surface area contributed by atoms with Gasteiger partial charge in [0.15, 0.2) is 11.5 Å². The molecule has 10 heteroatoms. The molecule has 2 saturated heterocycles. The number of pyridine rings is 1. The molecule has 3 aromatic rings. The number of ether oxygens (including phenoxy) is 2. The van der Waals surface area contributed by atoms with Gasteiger partial charge in [-0.3, -0.25) is 4.79 Å². The van der Waals surface area contributed by atoms with E-state index in [0.717, 1.165) is 66.7 Å². The van der Waals surface area contributed by atoms with Crippen LogP contribution in [-0.4, -0.2) is 56.6 Å². The summed E-state index contributed by atoms with van der Waals surface area (Å²) in [5.74, 6) is 2.13. The lowest BCUT2D eigenvalue weighted by Crippen LogP contribution is -2.43. The van der Waals surface area contributed by atoms with Crippen LogP contribution >= 0.6 is 0 Å². The van der Waals surface area contributed by atoms with Gasteiger partial charge in [0, 0.05) is 38.1 Å². The zero-order valence-corrected chi connectivity index (χ0v) is 22.1. The Balaban J connectivity index is 1.12. The minimum Gasteiger partial charge on any atom is -0.454 e. The van der Waals surface area contributed by atoms with E-state index >= 15 is 0 Å². The van der Waals surface area contributed by atoms with Crippen LogP contribution in [0.2, 0.25) is 0 Å². The number of nitrogens with one attached hydrogen (secondary N) is 1. The third-order valence-corrected chi connectivity index (χ3v) is 9.51. The fourth-order valence-electron chi connectivity index (χ4n) is 5.47. The average molecular weight is 537 g/mol. The first-order valence-corrected chi connectivity index (χ1v) is 14.7. The molecule has 0 radical (unpaired) electrons.